The lowest BCUT2D eigenvalue weighted by Crippen LogP contribution is -2.55. The summed E-state index contributed by atoms with van der Waals surface area (Å²) in [6, 6.07) is 0. The lowest BCUT2D eigenvalue weighted by molar-refractivity contribution is -0.196. The predicted molar refractivity (Wildman–Crippen MR) is 89.6 cm³/mol. The molecule has 1 N–H and O–H groups in total. The van der Waals surface area contributed by atoms with Crippen LogP contribution in [0.4, 0.5) is 0 Å². The van der Waals surface area contributed by atoms with Gasteiger partial charge in [-0.05, 0) is 20.3 Å². The van der Waals surface area contributed by atoms with Crippen molar-refractivity contribution in [1.82, 2.24) is 0 Å². The zero-order valence-corrected chi connectivity index (χ0v) is 15.4. The fourth-order valence-corrected chi connectivity index (χ4v) is 4.72. The van der Waals surface area contributed by atoms with Gasteiger partial charge in [0, 0.05) is 31.3 Å². The number of carbonyl (C=O) groups is 3. The first kappa shape index (κ1) is 18.6. The molecule has 0 aromatic carbocycles. The summed E-state index contributed by atoms with van der Waals surface area (Å²) in [6.45, 7) is 9.76. The van der Waals surface area contributed by atoms with E-state index in [1.807, 2.05) is 13.0 Å². The quantitative estimate of drug-likeness (QED) is 0.341. The van der Waals surface area contributed by atoms with Gasteiger partial charge >= 0.3 is 17.9 Å². The lowest BCUT2D eigenvalue weighted by atomic mass is 9.75. The summed E-state index contributed by atoms with van der Waals surface area (Å²) >= 11 is 0. The molecule has 1 saturated heterocycles. The van der Waals surface area contributed by atoms with E-state index in [1.54, 1.807) is 6.92 Å². The molecule has 0 amide bonds. The molecule has 1 saturated carbocycles. The van der Waals surface area contributed by atoms with Crippen LogP contribution in [0.3, 0.4) is 0 Å². The van der Waals surface area contributed by atoms with Crippen molar-refractivity contribution in [3.05, 3.63) is 23.8 Å². The van der Waals surface area contributed by atoms with Crippen molar-refractivity contribution < 1.29 is 33.7 Å². The van der Waals surface area contributed by atoms with Crippen LogP contribution in [-0.2, 0) is 28.6 Å². The summed E-state index contributed by atoms with van der Waals surface area (Å²) in [4.78, 5) is 35.7. The van der Waals surface area contributed by atoms with Crippen LogP contribution in [0.25, 0.3) is 0 Å². The Morgan fingerprint density at radius 2 is 1.88 bits per heavy atom. The van der Waals surface area contributed by atoms with E-state index in [4.69, 9.17) is 14.2 Å². The molecule has 0 spiro atoms. The van der Waals surface area contributed by atoms with Crippen molar-refractivity contribution in [3.8, 4) is 0 Å². The standard InChI is InChI=1S/C19H24O7/c1-8-6-7-12-13(8)15-14(9(2)18(22)26-15)16(24-10(3)20)17(19(12,5)23)25-11(4)21/h6,12-17,23H,2,7H2,1,3-5H3/t12-,13+,14+,15-,16-,17-,19+/m1/s1. The molecule has 0 aromatic rings. The molecule has 0 aromatic heterocycles. The van der Waals surface area contributed by atoms with Crippen molar-refractivity contribution >= 4 is 17.9 Å². The summed E-state index contributed by atoms with van der Waals surface area (Å²) in [5, 5.41) is 11.4. The van der Waals surface area contributed by atoms with E-state index in [9.17, 15) is 19.5 Å². The Hall–Kier alpha value is -2.15. The third-order valence-electron chi connectivity index (χ3n) is 5.84. The van der Waals surface area contributed by atoms with E-state index < -0.39 is 47.7 Å². The van der Waals surface area contributed by atoms with Gasteiger partial charge in [-0.2, -0.15) is 0 Å². The molecular weight excluding hydrogens is 340 g/mol. The number of carbonyl (C=O) groups excluding carboxylic acids is 3. The minimum Gasteiger partial charge on any atom is -0.458 e. The molecule has 142 valence electrons. The third-order valence-corrected chi connectivity index (χ3v) is 5.84. The number of aliphatic hydroxyl groups is 1. The van der Waals surface area contributed by atoms with E-state index in [-0.39, 0.29) is 17.4 Å². The Labute approximate surface area is 152 Å². The molecule has 26 heavy (non-hydrogen) atoms. The Morgan fingerprint density at radius 1 is 1.27 bits per heavy atom. The van der Waals surface area contributed by atoms with E-state index in [1.165, 1.54) is 13.8 Å². The Morgan fingerprint density at radius 3 is 2.46 bits per heavy atom. The number of hydrogen-bond donors (Lipinski definition) is 1. The topological polar surface area (TPSA) is 99.1 Å². The summed E-state index contributed by atoms with van der Waals surface area (Å²) in [5.74, 6) is -3.08. The van der Waals surface area contributed by atoms with Gasteiger partial charge in [-0.25, -0.2) is 4.79 Å². The van der Waals surface area contributed by atoms with E-state index in [2.05, 4.69) is 6.58 Å². The van der Waals surface area contributed by atoms with Crippen LogP contribution >= 0.6 is 0 Å². The van der Waals surface area contributed by atoms with E-state index in [0.717, 1.165) is 5.57 Å². The second-order valence-electron chi connectivity index (χ2n) is 7.57. The first-order valence-electron chi connectivity index (χ1n) is 8.69. The molecule has 0 radical (unpaired) electrons. The zero-order valence-electron chi connectivity index (χ0n) is 15.4. The van der Waals surface area contributed by atoms with Gasteiger partial charge in [-0.3, -0.25) is 9.59 Å². The largest absolute Gasteiger partial charge is 0.458 e. The second kappa shape index (κ2) is 6.23. The average molecular weight is 364 g/mol. The van der Waals surface area contributed by atoms with Crippen LogP contribution < -0.4 is 0 Å². The van der Waals surface area contributed by atoms with Gasteiger partial charge in [0.05, 0.1) is 5.92 Å². The van der Waals surface area contributed by atoms with Gasteiger partial charge in [0.1, 0.15) is 11.7 Å². The molecule has 0 bridgehead atoms. The fourth-order valence-electron chi connectivity index (χ4n) is 4.72. The average Bonchev–Trinajstić information content (AvgIpc) is 3.01. The molecule has 1 aliphatic heterocycles. The first-order valence-corrected chi connectivity index (χ1v) is 8.69. The molecule has 7 heteroatoms. The maximum atomic E-state index is 12.2. The molecule has 1 heterocycles. The highest BCUT2D eigenvalue weighted by Crippen LogP contribution is 2.53. The Kier molecular flexibility index (Phi) is 4.46. The first-order chi connectivity index (χ1) is 12.1. The van der Waals surface area contributed by atoms with Gasteiger partial charge in [0.25, 0.3) is 0 Å². The van der Waals surface area contributed by atoms with Gasteiger partial charge in [0.15, 0.2) is 12.2 Å². The summed E-state index contributed by atoms with van der Waals surface area (Å²) in [5.41, 5.74) is -0.339. The predicted octanol–water partition coefficient (Wildman–Crippen LogP) is 1.29. The molecule has 0 unspecified atom stereocenters. The number of esters is 3. The summed E-state index contributed by atoms with van der Waals surface area (Å²) in [6.07, 6.45) is -0.297. The molecule has 3 rings (SSSR count). The molecular formula is C19H24O7. The molecule has 3 aliphatic rings. The number of allylic oxidation sites excluding steroid dienone is 1. The van der Waals surface area contributed by atoms with Gasteiger partial charge in [0.2, 0.25) is 0 Å². The van der Waals surface area contributed by atoms with E-state index in [0.29, 0.717) is 6.42 Å². The number of ether oxygens (including phenoxy) is 3. The lowest BCUT2D eigenvalue weighted by Gasteiger charge is -2.40. The SMILES string of the molecule is C=C1C(=O)O[C@H]2[C@H]1[C@@H](OC(C)=O)[C@@H](OC(C)=O)[C@@](C)(O)[C@@H]1CC=C(C)[C@H]21. The molecule has 7 nitrogen and oxygen atoms in total. The van der Waals surface area contributed by atoms with Crippen molar-refractivity contribution in [2.24, 2.45) is 17.8 Å². The molecule has 2 aliphatic carbocycles. The van der Waals surface area contributed by atoms with Crippen LogP contribution in [0.1, 0.15) is 34.1 Å². The van der Waals surface area contributed by atoms with Crippen LogP contribution in [-0.4, -0.2) is 46.9 Å². The van der Waals surface area contributed by atoms with Crippen molar-refractivity contribution in [3.63, 3.8) is 0 Å². The van der Waals surface area contributed by atoms with Crippen molar-refractivity contribution in [2.75, 3.05) is 0 Å². The molecule has 2 fully saturated rings. The summed E-state index contributed by atoms with van der Waals surface area (Å²) < 4.78 is 16.5. The molecule has 7 atom stereocenters. The maximum Gasteiger partial charge on any atom is 0.334 e. The van der Waals surface area contributed by atoms with Crippen LogP contribution in [0.5, 0.6) is 0 Å². The van der Waals surface area contributed by atoms with Crippen LogP contribution in [0.15, 0.2) is 23.8 Å². The fraction of sp³-hybridized carbons (Fsp3) is 0.632. The Balaban J connectivity index is 2.16. The third kappa shape index (κ3) is 2.74. The Bertz CT molecular complexity index is 705. The highest BCUT2D eigenvalue weighted by Gasteiger charge is 2.64. The normalized spacial score (nSPS) is 41.5. The van der Waals surface area contributed by atoms with Crippen molar-refractivity contribution in [1.29, 1.82) is 0 Å². The number of rotatable bonds is 2. The highest BCUT2D eigenvalue weighted by atomic mass is 16.6. The summed E-state index contributed by atoms with van der Waals surface area (Å²) in [7, 11) is 0. The van der Waals surface area contributed by atoms with Gasteiger partial charge in [-0.15, -0.1) is 0 Å². The smallest absolute Gasteiger partial charge is 0.334 e. The van der Waals surface area contributed by atoms with Crippen LogP contribution in [0.2, 0.25) is 0 Å². The maximum absolute atomic E-state index is 12.2. The minimum absolute atomic E-state index is 0.162. The monoisotopic (exact) mass is 364 g/mol. The zero-order chi connectivity index (χ0) is 19.4. The van der Waals surface area contributed by atoms with Gasteiger partial charge < -0.3 is 19.3 Å². The number of hydrogen-bond acceptors (Lipinski definition) is 7. The minimum atomic E-state index is -1.48. The van der Waals surface area contributed by atoms with Crippen LogP contribution in [0, 0.1) is 17.8 Å². The highest BCUT2D eigenvalue weighted by molar-refractivity contribution is 5.91. The second-order valence-corrected chi connectivity index (χ2v) is 7.57. The number of fused-ring (bicyclic) bond motifs is 3. The van der Waals surface area contributed by atoms with Gasteiger partial charge in [-0.1, -0.05) is 18.2 Å². The van der Waals surface area contributed by atoms with Crippen molar-refractivity contribution in [2.45, 2.75) is 58.0 Å². The van der Waals surface area contributed by atoms with E-state index >= 15 is 0 Å².